The molecule has 76 valence electrons. The van der Waals surface area contributed by atoms with Crippen molar-refractivity contribution in [3.8, 4) is 0 Å². The van der Waals surface area contributed by atoms with Crippen molar-refractivity contribution in [1.29, 1.82) is 0 Å². The number of aldehydes is 1. The van der Waals surface area contributed by atoms with Crippen molar-refractivity contribution >= 4 is 6.29 Å². The van der Waals surface area contributed by atoms with Gasteiger partial charge in [-0.05, 0) is 31.8 Å². The Labute approximate surface area is 81.3 Å². The maximum Gasteiger partial charge on any atom is 0.124 e. The summed E-state index contributed by atoms with van der Waals surface area (Å²) in [6.45, 7) is 7.61. The number of carbonyl (C=O) groups is 1. The van der Waals surface area contributed by atoms with Crippen LogP contribution in [-0.2, 0) is 4.79 Å². The second kappa shape index (κ2) is 5.38. The zero-order valence-corrected chi connectivity index (χ0v) is 8.83. The van der Waals surface area contributed by atoms with Crippen LogP contribution in [0.5, 0.6) is 0 Å². The Morgan fingerprint density at radius 2 is 1.85 bits per heavy atom. The van der Waals surface area contributed by atoms with Crippen molar-refractivity contribution in [2.24, 2.45) is 11.8 Å². The molecule has 2 heteroatoms. The molecule has 0 radical (unpaired) electrons. The first-order valence-corrected chi connectivity index (χ1v) is 5.41. The highest BCUT2D eigenvalue weighted by Crippen LogP contribution is 2.14. The Morgan fingerprint density at radius 3 is 2.31 bits per heavy atom. The predicted molar refractivity (Wildman–Crippen MR) is 54.7 cm³/mol. The van der Waals surface area contributed by atoms with Gasteiger partial charge in [-0.15, -0.1) is 0 Å². The minimum atomic E-state index is 0.234. The van der Waals surface area contributed by atoms with E-state index in [0.717, 1.165) is 12.8 Å². The Morgan fingerprint density at radius 1 is 1.23 bits per heavy atom. The fraction of sp³-hybridized carbons (Fsp3) is 0.909. The summed E-state index contributed by atoms with van der Waals surface area (Å²) in [5.74, 6) is 0.720. The molecule has 0 saturated carbocycles. The van der Waals surface area contributed by atoms with Gasteiger partial charge in [0.1, 0.15) is 6.29 Å². The highest BCUT2D eigenvalue weighted by atomic mass is 16.1. The molecule has 1 fully saturated rings. The summed E-state index contributed by atoms with van der Waals surface area (Å²) >= 11 is 0. The van der Waals surface area contributed by atoms with E-state index in [-0.39, 0.29) is 5.92 Å². The molecule has 2 nitrogen and oxygen atoms in total. The van der Waals surface area contributed by atoms with Gasteiger partial charge in [0.05, 0.1) is 0 Å². The average Bonchev–Trinajstić information content (AvgIpc) is 2.15. The Kier molecular flexibility index (Phi) is 4.43. The summed E-state index contributed by atoms with van der Waals surface area (Å²) in [4.78, 5) is 13.2. The molecule has 0 aliphatic carbocycles. The maximum absolute atomic E-state index is 10.8. The molecule has 1 aliphatic heterocycles. The first-order valence-electron chi connectivity index (χ1n) is 5.41. The van der Waals surface area contributed by atoms with Gasteiger partial charge >= 0.3 is 0 Å². The number of carbonyl (C=O) groups excluding carboxylic acids is 1. The van der Waals surface area contributed by atoms with E-state index in [4.69, 9.17) is 0 Å². The largest absolute Gasteiger partial charge is 0.303 e. The van der Waals surface area contributed by atoms with E-state index in [0.29, 0.717) is 5.92 Å². The highest BCUT2D eigenvalue weighted by Gasteiger charge is 2.18. The summed E-state index contributed by atoms with van der Waals surface area (Å²) in [5, 5.41) is 0. The summed E-state index contributed by atoms with van der Waals surface area (Å²) in [6, 6.07) is 0. The topological polar surface area (TPSA) is 20.3 Å². The number of nitrogens with zero attached hydrogens (tertiary/aromatic N) is 1. The summed E-state index contributed by atoms with van der Waals surface area (Å²) in [6.07, 6.45) is 5.11. The lowest BCUT2D eigenvalue weighted by Crippen LogP contribution is -2.36. The molecular formula is C11H21NO. The highest BCUT2D eigenvalue weighted by molar-refractivity contribution is 5.54. The number of hydrogen-bond donors (Lipinski definition) is 0. The first-order chi connectivity index (χ1) is 6.24. The third kappa shape index (κ3) is 3.47. The SMILES string of the molecule is CC(C)C(C=O)CN1CCCCC1. The zero-order chi connectivity index (χ0) is 9.68. The van der Waals surface area contributed by atoms with E-state index in [1.807, 2.05) is 0 Å². The molecule has 0 aromatic carbocycles. The molecule has 1 heterocycles. The lowest BCUT2D eigenvalue weighted by molar-refractivity contribution is -0.112. The third-order valence-electron chi connectivity index (χ3n) is 2.95. The van der Waals surface area contributed by atoms with Crippen molar-refractivity contribution in [2.75, 3.05) is 19.6 Å². The lowest BCUT2D eigenvalue weighted by atomic mass is 9.96. The van der Waals surface area contributed by atoms with Crippen LogP contribution in [-0.4, -0.2) is 30.8 Å². The Balaban J connectivity index is 2.31. The molecule has 0 spiro atoms. The fourth-order valence-electron chi connectivity index (χ4n) is 1.85. The van der Waals surface area contributed by atoms with Crippen LogP contribution in [0.3, 0.4) is 0 Å². The van der Waals surface area contributed by atoms with Crippen LogP contribution in [0, 0.1) is 11.8 Å². The second-order valence-corrected chi connectivity index (χ2v) is 4.41. The maximum atomic E-state index is 10.8. The van der Waals surface area contributed by atoms with Crippen molar-refractivity contribution in [3.63, 3.8) is 0 Å². The van der Waals surface area contributed by atoms with E-state index in [1.165, 1.54) is 32.4 Å². The number of piperidine rings is 1. The summed E-state index contributed by atoms with van der Waals surface area (Å²) in [7, 11) is 0. The molecule has 0 aromatic rings. The van der Waals surface area contributed by atoms with Gasteiger partial charge in [0.15, 0.2) is 0 Å². The molecule has 0 aromatic heterocycles. The number of rotatable bonds is 4. The Hall–Kier alpha value is -0.370. The predicted octanol–water partition coefficient (Wildman–Crippen LogP) is 1.94. The van der Waals surface area contributed by atoms with Crippen LogP contribution in [0.1, 0.15) is 33.1 Å². The molecule has 1 atom stereocenters. The minimum Gasteiger partial charge on any atom is -0.303 e. The van der Waals surface area contributed by atoms with E-state index in [2.05, 4.69) is 18.7 Å². The van der Waals surface area contributed by atoms with Crippen LogP contribution in [0.4, 0.5) is 0 Å². The summed E-state index contributed by atoms with van der Waals surface area (Å²) < 4.78 is 0. The van der Waals surface area contributed by atoms with Gasteiger partial charge in [0.2, 0.25) is 0 Å². The number of likely N-dealkylation sites (tertiary alicyclic amines) is 1. The average molecular weight is 183 g/mol. The monoisotopic (exact) mass is 183 g/mol. The van der Waals surface area contributed by atoms with E-state index in [1.54, 1.807) is 0 Å². The van der Waals surface area contributed by atoms with Gasteiger partial charge in [-0.1, -0.05) is 20.3 Å². The molecule has 0 amide bonds. The standard InChI is InChI=1S/C11H21NO/c1-10(2)11(9-13)8-12-6-4-3-5-7-12/h9-11H,3-8H2,1-2H3. The molecule has 13 heavy (non-hydrogen) atoms. The van der Waals surface area contributed by atoms with Crippen LogP contribution >= 0.6 is 0 Å². The van der Waals surface area contributed by atoms with E-state index >= 15 is 0 Å². The van der Waals surface area contributed by atoms with Gasteiger partial charge in [-0.3, -0.25) is 0 Å². The van der Waals surface area contributed by atoms with Crippen LogP contribution in [0.25, 0.3) is 0 Å². The van der Waals surface area contributed by atoms with Gasteiger partial charge in [-0.2, -0.15) is 0 Å². The number of hydrogen-bond acceptors (Lipinski definition) is 2. The van der Waals surface area contributed by atoms with E-state index < -0.39 is 0 Å². The quantitative estimate of drug-likeness (QED) is 0.621. The van der Waals surface area contributed by atoms with Gasteiger partial charge in [-0.25, -0.2) is 0 Å². The van der Waals surface area contributed by atoms with Crippen LogP contribution < -0.4 is 0 Å². The smallest absolute Gasteiger partial charge is 0.124 e. The van der Waals surface area contributed by atoms with E-state index in [9.17, 15) is 4.79 Å². The molecule has 1 aliphatic rings. The van der Waals surface area contributed by atoms with Gasteiger partial charge < -0.3 is 9.69 Å². The Bertz CT molecular complexity index is 150. The molecule has 1 rings (SSSR count). The third-order valence-corrected chi connectivity index (χ3v) is 2.95. The molecule has 0 bridgehead atoms. The van der Waals surface area contributed by atoms with Crippen LogP contribution in [0.2, 0.25) is 0 Å². The fourth-order valence-corrected chi connectivity index (χ4v) is 1.85. The van der Waals surface area contributed by atoms with Crippen molar-refractivity contribution in [3.05, 3.63) is 0 Å². The normalized spacial score (nSPS) is 21.8. The van der Waals surface area contributed by atoms with Crippen LogP contribution in [0.15, 0.2) is 0 Å². The van der Waals surface area contributed by atoms with Crippen molar-refractivity contribution in [2.45, 2.75) is 33.1 Å². The van der Waals surface area contributed by atoms with Gasteiger partial charge in [0.25, 0.3) is 0 Å². The first kappa shape index (κ1) is 10.7. The van der Waals surface area contributed by atoms with Gasteiger partial charge in [0, 0.05) is 12.5 Å². The molecule has 1 unspecified atom stereocenters. The second-order valence-electron chi connectivity index (χ2n) is 4.41. The molecule has 0 N–H and O–H groups in total. The minimum absolute atomic E-state index is 0.234. The lowest BCUT2D eigenvalue weighted by Gasteiger charge is -2.29. The van der Waals surface area contributed by atoms with Crippen molar-refractivity contribution in [1.82, 2.24) is 4.90 Å². The molecule has 1 saturated heterocycles. The zero-order valence-electron chi connectivity index (χ0n) is 8.83. The summed E-state index contributed by atoms with van der Waals surface area (Å²) in [5.41, 5.74) is 0. The molecular weight excluding hydrogens is 162 g/mol. The van der Waals surface area contributed by atoms with Crippen molar-refractivity contribution < 1.29 is 4.79 Å².